The number of imidazole rings is 1. The summed E-state index contributed by atoms with van der Waals surface area (Å²) in [5, 5.41) is 19.2. The highest BCUT2D eigenvalue weighted by molar-refractivity contribution is 5.70. The predicted molar refractivity (Wildman–Crippen MR) is 71.9 cm³/mol. The Morgan fingerprint density at radius 2 is 2.35 bits per heavy atom. The number of nitrogens with two attached hydrogens (primary N) is 1. The maximum atomic E-state index is 11.7. The molecule has 1 aliphatic rings. The number of hydrogen-bond donors (Lipinski definition) is 4. The number of aliphatic hydroxyl groups is 2. The van der Waals surface area contributed by atoms with E-state index in [4.69, 9.17) is 5.73 Å². The number of nitrogen functional groups attached to an aromatic ring is 1. The minimum atomic E-state index is -0.672. The third-order valence-electron chi connectivity index (χ3n) is 3.82. The average Bonchev–Trinajstić information content (AvgIpc) is 2.91. The molecule has 106 valence electrons. The van der Waals surface area contributed by atoms with E-state index in [2.05, 4.69) is 21.5 Å². The summed E-state index contributed by atoms with van der Waals surface area (Å²) in [6.07, 6.45) is 1.20. The Morgan fingerprint density at radius 1 is 1.60 bits per heavy atom. The molecule has 3 rings (SSSR count). The molecule has 0 amide bonds. The molecule has 1 saturated carbocycles. The van der Waals surface area contributed by atoms with Gasteiger partial charge in [0.1, 0.15) is 0 Å². The van der Waals surface area contributed by atoms with E-state index in [1.54, 1.807) is 4.57 Å². The molecule has 1 unspecified atom stereocenters. The quantitative estimate of drug-likeness (QED) is 0.530. The van der Waals surface area contributed by atoms with Crippen LogP contribution in [-0.4, -0.2) is 42.4 Å². The summed E-state index contributed by atoms with van der Waals surface area (Å²) in [6, 6.07) is -0.263. The number of hydrogen-bond acceptors (Lipinski definition) is 6. The zero-order valence-corrected chi connectivity index (χ0v) is 10.7. The lowest BCUT2D eigenvalue weighted by atomic mass is 10.0. The fraction of sp³-hybridized carbons (Fsp3) is 0.417. The van der Waals surface area contributed by atoms with Crippen LogP contribution in [0.25, 0.3) is 11.2 Å². The molecule has 20 heavy (non-hydrogen) atoms. The summed E-state index contributed by atoms with van der Waals surface area (Å²) < 4.78 is 1.67. The number of rotatable bonds is 2. The summed E-state index contributed by atoms with van der Waals surface area (Å²) in [5.74, 6) is -0.371. The van der Waals surface area contributed by atoms with E-state index in [-0.39, 0.29) is 30.0 Å². The van der Waals surface area contributed by atoms with Crippen LogP contribution < -0.4 is 11.3 Å². The third-order valence-corrected chi connectivity index (χ3v) is 3.82. The summed E-state index contributed by atoms with van der Waals surface area (Å²) in [4.78, 5) is 22.2. The van der Waals surface area contributed by atoms with Crippen molar-refractivity contribution >= 4 is 17.1 Å². The predicted octanol–water partition coefficient (Wildman–Crippen LogP) is -0.828. The molecule has 2 aromatic rings. The topological polar surface area (TPSA) is 130 Å². The van der Waals surface area contributed by atoms with Crippen LogP contribution in [0, 0.1) is 5.92 Å². The van der Waals surface area contributed by atoms with Gasteiger partial charge in [0.25, 0.3) is 5.56 Å². The average molecular weight is 277 g/mol. The summed E-state index contributed by atoms with van der Waals surface area (Å²) in [7, 11) is 0. The lowest BCUT2D eigenvalue weighted by Gasteiger charge is -2.15. The van der Waals surface area contributed by atoms with Crippen molar-refractivity contribution in [2.24, 2.45) is 5.92 Å². The second kappa shape index (κ2) is 4.43. The van der Waals surface area contributed by atoms with Crippen molar-refractivity contribution in [2.45, 2.75) is 18.6 Å². The van der Waals surface area contributed by atoms with Crippen molar-refractivity contribution in [3.63, 3.8) is 0 Å². The Morgan fingerprint density at radius 3 is 3.00 bits per heavy atom. The fourth-order valence-electron chi connectivity index (χ4n) is 2.74. The van der Waals surface area contributed by atoms with Crippen molar-refractivity contribution in [3.8, 4) is 0 Å². The molecule has 0 aliphatic heterocycles. The molecular weight excluding hydrogens is 262 g/mol. The van der Waals surface area contributed by atoms with Gasteiger partial charge >= 0.3 is 0 Å². The molecule has 0 spiro atoms. The zero-order valence-electron chi connectivity index (χ0n) is 10.7. The molecule has 0 saturated heterocycles. The first-order chi connectivity index (χ1) is 9.52. The number of nitrogens with one attached hydrogen (secondary N) is 1. The first kappa shape index (κ1) is 12.8. The molecule has 2 aromatic heterocycles. The smallest absolute Gasteiger partial charge is 0.280 e. The Kier molecular flexibility index (Phi) is 2.84. The van der Waals surface area contributed by atoms with E-state index in [1.807, 2.05) is 0 Å². The van der Waals surface area contributed by atoms with Gasteiger partial charge in [-0.25, -0.2) is 4.98 Å². The van der Waals surface area contributed by atoms with Gasteiger partial charge in [0.2, 0.25) is 5.95 Å². The molecule has 8 heteroatoms. The zero-order chi connectivity index (χ0) is 14.4. The number of fused-ring (bicyclic) bond motifs is 1. The fourth-order valence-corrected chi connectivity index (χ4v) is 2.74. The van der Waals surface area contributed by atoms with E-state index >= 15 is 0 Å². The van der Waals surface area contributed by atoms with Gasteiger partial charge in [-0.2, -0.15) is 4.98 Å². The Labute approximate surface area is 113 Å². The number of nitrogens with zero attached hydrogens (tertiary/aromatic N) is 3. The van der Waals surface area contributed by atoms with Gasteiger partial charge in [-0.1, -0.05) is 6.58 Å². The lowest BCUT2D eigenvalue weighted by molar-refractivity contribution is 0.101. The number of aromatic amines is 1. The molecule has 0 radical (unpaired) electrons. The van der Waals surface area contributed by atoms with Crippen LogP contribution in [-0.2, 0) is 0 Å². The summed E-state index contributed by atoms with van der Waals surface area (Å²) in [6.45, 7) is 3.76. The van der Waals surface area contributed by atoms with Gasteiger partial charge in [0.05, 0.1) is 25.1 Å². The standard InChI is InChI=1S/C12H15N5O3/c1-5-6(3-18)8(19)2-7(5)17-4-14-9-10(17)15-12(13)16-11(9)20/h4,6-8,18-19H,1-3H2,(H3,13,15,16,20)/t6?,7-,8-/m0/s1. The van der Waals surface area contributed by atoms with Crippen molar-refractivity contribution in [1.29, 1.82) is 0 Å². The number of aliphatic hydroxyl groups excluding tert-OH is 2. The first-order valence-corrected chi connectivity index (χ1v) is 6.23. The number of anilines is 1. The van der Waals surface area contributed by atoms with Crippen molar-refractivity contribution in [3.05, 3.63) is 28.8 Å². The van der Waals surface area contributed by atoms with E-state index in [9.17, 15) is 15.0 Å². The Hall–Kier alpha value is -2.19. The van der Waals surface area contributed by atoms with E-state index in [0.29, 0.717) is 17.6 Å². The van der Waals surface area contributed by atoms with Crippen LogP contribution in [0.5, 0.6) is 0 Å². The monoisotopic (exact) mass is 277 g/mol. The minimum Gasteiger partial charge on any atom is -0.396 e. The maximum absolute atomic E-state index is 11.7. The van der Waals surface area contributed by atoms with Crippen molar-refractivity contribution in [2.75, 3.05) is 12.3 Å². The Bertz CT molecular complexity index is 734. The van der Waals surface area contributed by atoms with Gasteiger partial charge in [-0.3, -0.25) is 9.78 Å². The molecule has 0 aromatic carbocycles. The highest BCUT2D eigenvalue weighted by Crippen LogP contribution is 2.39. The molecule has 1 aliphatic carbocycles. The molecule has 8 nitrogen and oxygen atoms in total. The van der Waals surface area contributed by atoms with Crippen LogP contribution in [0.3, 0.4) is 0 Å². The summed E-state index contributed by atoms with van der Waals surface area (Å²) >= 11 is 0. The molecular formula is C12H15N5O3. The maximum Gasteiger partial charge on any atom is 0.280 e. The van der Waals surface area contributed by atoms with Gasteiger partial charge in [0.15, 0.2) is 11.2 Å². The SMILES string of the molecule is C=C1C(CO)[C@@H](O)C[C@@H]1n1cnc2c(=O)[nH]c(N)nc21. The molecule has 5 N–H and O–H groups in total. The van der Waals surface area contributed by atoms with Crippen LogP contribution in [0.15, 0.2) is 23.3 Å². The highest BCUT2D eigenvalue weighted by Gasteiger charge is 2.37. The lowest BCUT2D eigenvalue weighted by Crippen LogP contribution is -2.17. The van der Waals surface area contributed by atoms with Crippen LogP contribution in [0.1, 0.15) is 12.5 Å². The van der Waals surface area contributed by atoms with Crippen LogP contribution in [0.2, 0.25) is 0 Å². The molecule has 3 atom stereocenters. The second-order valence-electron chi connectivity index (χ2n) is 4.96. The number of H-pyrrole nitrogens is 1. The van der Waals surface area contributed by atoms with E-state index in [1.165, 1.54) is 6.33 Å². The minimum absolute atomic E-state index is 0.00659. The molecule has 0 bridgehead atoms. The van der Waals surface area contributed by atoms with E-state index < -0.39 is 11.7 Å². The van der Waals surface area contributed by atoms with Gasteiger partial charge in [-0.15, -0.1) is 0 Å². The largest absolute Gasteiger partial charge is 0.396 e. The first-order valence-electron chi connectivity index (χ1n) is 6.23. The number of aromatic nitrogens is 4. The normalized spacial score (nSPS) is 26.5. The van der Waals surface area contributed by atoms with Crippen LogP contribution in [0.4, 0.5) is 5.95 Å². The van der Waals surface area contributed by atoms with Gasteiger partial charge in [-0.05, 0) is 12.0 Å². The van der Waals surface area contributed by atoms with Crippen molar-refractivity contribution < 1.29 is 10.2 Å². The van der Waals surface area contributed by atoms with Crippen LogP contribution >= 0.6 is 0 Å². The third kappa shape index (κ3) is 1.73. The van der Waals surface area contributed by atoms with E-state index in [0.717, 1.165) is 0 Å². The van der Waals surface area contributed by atoms with Gasteiger partial charge in [0, 0.05) is 5.92 Å². The van der Waals surface area contributed by atoms with Gasteiger partial charge < -0.3 is 20.5 Å². The molecule has 1 fully saturated rings. The van der Waals surface area contributed by atoms with Crippen molar-refractivity contribution in [1.82, 2.24) is 19.5 Å². The second-order valence-corrected chi connectivity index (χ2v) is 4.96. The molecule has 2 heterocycles. The summed E-state index contributed by atoms with van der Waals surface area (Å²) in [5.41, 5.74) is 6.37. The highest BCUT2D eigenvalue weighted by atomic mass is 16.3. The Balaban J connectivity index is 2.12.